The predicted octanol–water partition coefficient (Wildman–Crippen LogP) is 2.44. The zero-order chi connectivity index (χ0) is 12.7. The van der Waals surface area contributed by atoms with E-state index >= 15 is 0 Å². The van der Waals surface area contributed by atoms with Gasteiger partial charge in [-0.05, 0) is 24.8 Å². The van der Waals surface area contributed by atoms with Gasteiger partial charge < -0.3 is 0 Å². The summed E-state index contributed by atoms with van der Waals surface area (Å²) in [4.78, 5) is 26.5. The van der Waals surface area contributed by atoms with Crippen molar-refractivity contribution in [3.05, 3.63) is 24.3 Å². The van der Waals surface area contributed by atoms with E-state index in [2.05, 4.69) is 6.58 Å². The predicted molar refractivity (Wildman–Crippen MR) is 68.6 cm³/mol. The van der Waals surface area contributed by atoms with Gasteiger partial charge in [-0.2, -0.15) is 0 Å². The number of carbonyl (C=O) groups is 2. The van der Waals surface area contributed by atoms with Crippen LogP contribution in [0.2, 0.25) is 0 Å². The van der Waals surface area contributed by atoms with E-state index in [1.165, 1.54) is 6.42 Å². The molecule has 2 aliphatic carbocycles. The number of imide groups is 1. The van der Waals surface area contributed by atoms with Gasteiger partial charge in [-0.25, -0.2) is 0 Å². The lowest BCUT2D eigenvalue weighted by Gasteiger charge is -2.29. The van der Waals surface area contributed by atoms with Crippen LogP contribution < -0.4 is 0 Å². The highest BCUT2D eigenvalue weighted by Crippen LogP contribution is 2.40. The average Bonchev–Trinajstić information content (AvgIpc) is 2.64. The van der Waals surface area contributed by atoms with Gasteiger partial charge in [0.25, 0.3) is 0 Å². The van der Waals surface area contributed by atoms with Crippen LogP contribution in [0.4, 0.5) is 0 Å². The van der Waals surface area contributed by atoms with Crippen molar-refractivity contribution in [1.82, 2.24) is 4.90 Å². The van der Waals surface area contributed by atoms with Gasteiger partial charge in [-0.3, -0.25) is 14.5 Å². The van der Waals surface area contributed by atoms with Crippen molar-refractivity contribution in [1.29, 1.82) is 0 Å². The molecule has 3 aliphatic rings. The van der Waals surface area contributed by atoms with Crippen molar-refractivity contribution < 1.29 is 9.59 Å². The minimum Gasteiger partial charge on any atom is -0.279 e. The van der Waals surface area contributed by atoms with Gasteiger partial charge >= 0.3 is 0 Å². The Bertz CT molecular complexity index is 432. The number of carbonyl (C=O) groups excluding carboxylic acids is 2. The second kappa shape index (κ2) is 4.38. The summed E-state index contributed by atoms with van der Waals surface area (Å²) in [5, 5.41) is 0. The van der Waals surface area contributed by atoms with Gasteiger partial charge in [0.15, 0.2) is 0 Å². The maximum atomic E-state index is 12.5. The molecule has 2 amide bonds. The van der Waals surface area contributed by atoms with E-state index in [0.717, 1.165) is 31.3 Å². The average molecular weight is 245 g/mol. The third-order valence-corrected chi connectivity index (χ3v) is 4.52. The molecule has 0 aromatic carbocycles. The van der Waals surface area contributed by atoms with Crippen molar-refractivity contribution in [3.63, 3.8) is 0 Å². The first-order valence-corrected chi connectivity index (χ1v) is 6.92. The zero-order valence-electron chi connectivity index (χ0n) is 10.6. The first-order chi connectivity index (χ1) is 8.70. The monoisotopic (exact) mass is 245 g/mol. The summed E-state index contributed by atoms with van der Waals surface area (Å²) in [6, 6.07) is 0.150. The van der Waals surface area contributed by atoms with E-state index in [1.807, 2.05) is 12.2 Å². The highest BCUT2D eigenvalue weighted by atomic mass is 16.2. The maximum absolute atomic E-state index is 12.5. The lowest BCUT2D eigenvalue weighted by atomic mass is 9.82. The minimum atomic E-state index is -0.274. The van der Waals surface area contributed by atoms with Gasteiger partial charge in [-0.15, -0.1) is 0 Å². The molecule has 0 aromatic heterocycles. The second-order valence-corrected chi connectivity index (χ2v) is 5.64. The molecule has 0 bridgehead atoms. The molecule has 2 unspecified atom stereocenters. The molecule has 0 spiro atoms. The van der Waals surface area contributed by atoms with Gasteiger partial charge in [0, 0.05) is 6.04 Å². The van der Waals surface area contributed by atoms with Crippen molar-refractivity contribution in [2.75, 3.05) is 0 Å². The quantitative estimate of drug-likeness (QED) is 0.665. The molecule has 1 saturated heterocycles. The minimum absolute atomic E-state index is 0.00579. The molecule has 2 fully saturated rings. The first-order valence-electron chi connectivity index (χ1n) is 6.92. The SMILES string of the molecule is C=C1C=CCC2C(=O)N(C3CCCCC3)C(=O)C12. The summed E-state index contributed by atoms with van der Waals surface area (Å²) in [7, 11) is 0. The fourth-order valence-electron chi connectivity index (χ4n) is 3.57. The molecule has 3 heteroatoms. The van der Waals surface area contributed by atoms with E-state index < -0.39 is 0 Å². The fourth-order valence-corrected chi connectivity index (χ4v) is 3.57. The standard InChI is InChI=1S/C15H19NO2/c1-10-6-5-9-12-13(10)15(18)16(14(12)17)11-7-3-2-4-8-11/h5-6,11-13H,1-4,7-9H2. The third kappa shape index (κ3) is 1.64. The Morgan fingerprint density at radius 3 is 2.50 bits per heavy atom. The number of fused-ring (bicyclic) bond motifs is 1. The van der Waals surface area contributed by atoms with E-state index in [0.29, 0.717) is 6.42 Å². The van der Waals surface area contributed by atoms with Crippen molar-refractivity contribution in [2.24, 2.45) is 11.8 Å². The molecular formula is C15H19NO2. The van der Waals surface area contributed by atoms with E-state index in [4.69, 9.17) is 0 Å². The lowest BCUT2D eigenvalue weighted by molar-refractivity contribution is -0.143. The van der Waals surface area contributed by atoms with Crippen LogP contribution in [-0.2, 0) is 9.59 Å². The van der Waals surface area contributed by atoms with Crippen molar-refractivity contribution in [3.8, 4) is 0 Å². The normalized spacial score (nSPS) is 33.1. The lowest BCUT2D eigenvalue weighted by Crippen LogP contribution is -2.41. The van der Waals surface area contributed by atoms with Crippen LogP contribution in [0.5, 0.6) is 0 Å². The maximum Gasteiger partial charge on any atom is 0.237 e. The van der Waals surface area contributed by atoms with Crippen LogP contribution in [0.15, 0.2) is 24.3 Å². The Labute approximate surface area is 108 Å². The molecular weight excluding hydrogens is 226 g/mol. The van der Waals surface area contributed by atoms with E-state index in [1.54, 1.807) is 4.90 Å². The van der Waals surface area contributed by atoms with Crippen molar-refractivity contribution >= 4 is 11.8 Å². The van der Waals surface area contributed by atoms with E-state index in [-0.39, 0.29) is 29.7 Å². The first kappa shape index (κ1) is 11.7. The smallest absolute Gasteiger partial charge is 0.237 e. The van der Waals surface area contributed by atoms with Gasteiger partial charge in [-0.1, -0.05) is 38.0 Å². The Hall–Kier alpha value is -1.38. The molecule has 3 nitrogen and oxygen atoms in total. The highest BCUT2D eigenvalue weighted by molar-refractivity contribution is 6.07. The fraction of sp³-hybridized carbons (Fsp3) is 0.600. The van der Waals surface area contributed by atoms with Crippen LogP contribution in [0.1, 0.15) is 38.5 Å². The van der Waals surface area contributed by atoms with Gasteiger partial charge in [0.2, 0.25) is 11.8 Å². The summed E-state index contributed by atoms with van der Waals surface area (Å²) in [5.41, 5.74) is 0.808. The third-order valence-electron chi connectivity index (χ3n) is 4.52. The van der Waals surface area contributed by atoms with Crippen LogP contribution >= 0.6 is 0 Å². The Morgan fingerprint density at radius 2 is 1.83 bits per heavy atom. The van der Waals surface area contributed by atoms with E-state index in [9.17, 15) is 9.59 Å². The molecule has 3 rings (SSSR count). The van der Waals surface area contributed by atoms with Gasteiger partial charge in [0.1, 0.15) is 0 Å². The molecule has 1 saturated carbocycles. The molecule has 1 aliphatic heterocycles. The number of hydrogen-bond acceptors (Lipinski definition) is 2. The molecule has 0 N–H and O–H groups in total. The van der Waals surface area contributed by atoms with Crippen LogP contribution in [0.3, 0.4) is 0 Å². The van der Waals surface area contributed by atoms with Crippen molar-refractivity contribution in [2.45, 2.75) is 44.6 Å². The highest BCUT2D eigenvalue weighted by Gasteiger charge is 2.50. The Balaban J connectivity index is 1.87. The molecule has 1 heterocycles. The molecule has 2 atom stereocenters. The number of allylic oxidation sites excluding steroid dienone is 2. The second-order valence-electron chi connectivity index (χ2n) is 5.64. The zero-order valence-corrected chi connectivity index (χ0v) is 10.6. The summed E-state index contributed by atoms with van der Waals surface area (Å²) >= 11 is 0. The number of rotatable bonds is 1. The number of likely N-dealkylation sites (tertiary alicyclic amines) is 1. The summed E-state index contributed by atoms with van der Waals surface area (Å²) in [6.45, 7) is 3.93. The summed E-state index contributed by atoms with van der Waals surface area (Å²) in [5.74, 6) is -0.394. The number of amides is 2. The number of nitrogens with zero attached hydrogens (tertiary/aromatic N) is 1. The molecule has 18 heavy (non-hydrogen) atoms. The summed E-state index contributed by atoms with van der Waals surface area (Å²) in [6.07, 6.45) is 10.0. The topological polar surface area (TPSA) is 37.4 Å². The molecule has 0 aromatic rings. The molecule has 0 radical (unpaired) electrons. The largest absolute Gasteiger partial charge is 0.279 e. The summed E-state index contributed by atoms with van der Waals surface area (Å²) < 4.78 is 0. The van der Waals surface area contributed by atoms with Crippen LogP contribution in [0.25, 0.3) is 0 Å². The number of hydrogen-bond donors (Lipinski definition) is 0. The molecule has 96 valence electrons. The van der Waals surface area contributed by atoms with Gasteiger partial charge in [0.05, 0.1) is 11.8 Å². The van der Waals surface area contributed by atoms with Crippen LogP contribution in [0, 0.1) is 11.8 Å². The van der Waals surface area contributed by atoms with Crippen LogP contribution in [-0.4, -0.2) is 22.8 Å². The Kier molecular flexibility index (Phi) is 2.84. The Morgan fingerprint density at radius 1 is 1.11 bits per heavy atom.